The molecule has 5 heteroatoms. The van der Waals surface area contributed by atoms with Crippen LogP contribution in [0.2, 0.25) is 0 Å². The third-order valence-corrected chi connectivity index (χ3v) is 2.31. The van der Waals surface area contributed by atoms with E-state index in [0.717, 1.165) is 11.3 Å². The summed E-state index contributed by atoms with van der Waals surface area (Å²) in [6.07, 6.45) is 4.99. The van der Waals surface area contributed by atoms with E-state index in [0.29, 0.717) is 19.0 Å². The Morgan fingerprint density at radius 3 is 2.88 bits per heavy atom. The van der Waals surface area contributed by atoms with Crippen molar-refractivity contribution in [2.75, 3.05) is 7.11 Å². The van der Waals surface area contributed by atoms with E-state index in [2.05, 4.69) is 20.3 Å². The zero-order valence-corrected chi connectivity index (χ0v) is 9.63. The van der Waals surface area contributed by atoms with Crippen LogP contribution >= 0.6 is 0 Å². The lowest BCUT2D eigenvalue weighted by Gasteiger charge is -2.07. The van der Waals surface area contributed by atoms with Gasteiger partial charge in [0, 0.05) is 31.0 Å². The Labute approximate surface area is 99.9 Å². The molecule has 0 atom stereocenters. The first-order valence-electron chi connectivity index (χ1n) is 5.33. The Morgan fingerprint density at radius 1 is 1.18 bits per heavy atom. The fourth-order valence-corrected chi connectivity index (χ4v) is 1.49. The summed E-state index contributed by atoms with van der Waals surface area (Å²) in [5, 5.41) is 3.28. The summed E-state index contributed by atoms with van der Waals surface area (Å²) in [7, 11) is 1.62. The average molecular weight is 230 g/mol. The first kappa shape index (κ1) is 11.5. The van der Waals surface area contributed by atoms with Gasteiger partial charge in [0.2, 0.25) is 5.88 Å². The summed E-state index contributed by atoms with van der Waals surface area (Å²) in [6, 6.07) is 5.76. The second kappa shape index (κ2) is 5.91. The van der Waals surface area contributed by atoms with Crippen molar-refractivity contribution < 1.29 is 4.74 Å². The van der Waals surface area contributed by atoms with E-state index in [4.69, 9.17) is 4.74 Å². The number of rotatable bonds is 5. The molecule has 0 amide bonds. The highest BCUT2D eigenvalue weighted by molar-refractivity contribution is 5.25. The van der Waals surface area contributed by atoms with Crippen LogP contribution in [0.1, 0.15) is 11.3 Å². The molecule has 2 aromatic rings. The van der Waals surface area contributed by atoms with Crippen molar-refractivity contribution in [3.8, 4) is 5.88 Å². The van der Waals surface area contributed by atoms with Gasteiger partial charge in [-0.2, -0.15) is 0 Å². The largest absolute Gasteiger partial charge is 0.481 e. The minimum absolute atomic E-state index is 0.655. The van der Waals surface area contributed by atoms with Gasteiger partial charge in [-0.15, -0.1) is 0 Å². The van der Waals surface area contributed by atoms with Crippen molar-refractivity contribution in [1.29, 1.82) is 0 Å². The van der Waals surface area contributed by atoms with Crippen LogP contribution in [0.5, 0.6) is 5.88 Å². The van der Waals surface area contributed by atoms with Gasteiger partial charge >= 0.3 is 0 Å². The predicted molar refractivity (Wildman–Crippen MR) is 63.4 cm³/mol. The Kier molecular flexibility index (Phi) is 3.99. The van der Waals surface area contributed by atoms with Gasteiger partial charge in [-0.25, -0.2) is 15.0 Å². The lowest BCUT2D eigenvalue weighted by atomic mass is 10.2. The maximum absolute atomic E-state index is 5.17. The number of methoxy groups -OCH3 is 1. The first-order valence-corrected chi connectivity index (χ1v) is 5.33. The Hall–Kier alpha value is -2.01. The lowest BCUT2D eigenvalue weighted by molar-refractivity contribution is 0.390. The second-order valence-corrected chi connectivity index (χ2v) is 3.48. The quantitative estimate of drug-likeness (QED) is 0.835. The molecule has 0 saturated heterocycles. The van der Waals surface area contributed by atoms with Crippen molar-refractivity contribution in [2.45, 2.75) is 13.1 Å². The average Bonchev–Trinajstić information content (AvgIpc) is 2.40. The minimum Gasteiger partial charge on any atom is -0.481 e. The van der Waals surface area contributed by atoms with Crippen molar-refractivity contribution in [3.63, 3.8) is 0 Å². The summed E-state index contributed by atoms with van der Waals surface area (Å²) in [4.78, 5) is 12.1. The molecular formula is C12H14N4O. The second-order valence-electron chi connectivity index (χ2n) is 3.48. The number of nitrogens with zero attached hydrogens (tertiary/aromatic N) is 3. The fourth-order valence-electron chi connectivity index (χ4n) is 1.49. The molecule has 2 aromatic heterocycles. The molecular weight excluding hydrogens is 216 g/mol. The Bertz CT molecular complexity index is 461. The van der Waals surface area contributed by atoms with E-state index in [1.807, 2.05) is 18.2 Å². The monoisotopic (exact) mass is 230 g/mol. The highest BCUT2D eigenvalue weighted by Gasteiger charge is 2.02. The molecule has 0 aliphatic carbocycles. The maximum atomic E-state index is 5.17. The lowest BCUT2D eigenvalue weighted by Crippen LogP contribution is -2.14. The molecule has 5 nitrogen and oxygen atoms in total. The molecule has 88 valence electrons. The molecule has 2 rings (SSSR count). The van der Waals surface area contributed by atoms with Crippen LogP contribution in [-0.2, 0) is 13.1 Å². The van der Waals surface area contributed by atoms with Gasteiger partial charge in [0.05, 0.1) is 12.8 Å². The SMILES string of the molecule is COc1ncccc1CNCc1ccncn1. The van der Waals surface area contributed by atoms with Crippen LogP contribution < -0.4 is 10.1 Å². The van der Waals surface area contributed by atoms with Gasteiger partial charge in [-0.05, 0) is 12.1 Å². The van der Waals surface area contributed by atoms with Gasteiger partial charge in [-0.1, -0.05) is 6.07 Å². The molecule has 0 saturated carbocycles. The molecule has 0 bridgehead atoms. The molecule has 0 aromatic carbocycles. The Morgan fingerprint density at radius 2 is 2.12 bits per heavy atom. The molecule has 2 heterocycles. The van der Waals surface area contributed by atoms with Crippen molar-refractivity contribution in [3.05, 3.63) is 48.2 Å². The number of hydrogen-bond acceptors (Lipinski definition) is 5. The van der Waals surface area contributed by atoms with Crippen molar-refractivity contribution >= 4 is 0 Å². The first-order chi connectivity index (χ1) is 8.40. The van der Waals surface area contributed by atoms with Gasteiger partial charge in [-0.3, -0.25) is 0 Å². The van der Waals surface area contributed by atoms with Gasteiger partial charge in [0.25, 0.3) is 0 Å². The van der Waals surface area contributed by atoms with Crippen LogP contribution in [0.4, 0.5) is 0 Å². The fraction of sp³-hybridized carbons (Fsp3) is 0.250. The zero-order chi connectivity index (χ0) is 11.9. The summed E-state index contributed by atoms with van der Waals surface area (Å²) in [5.74, 6) is 0.655. The maximum Gasteiger partial charge on any atom is 0.217 e. The van der Waals surface area contributed by atoms with Crippen molar-refractivity contribution in [1.82, 2.24) is 20.3 Å². The van der Waals surface area contributed by atoms with E-state index in [1.165, 1.54) is 0 Å². The minimum atomic E-state index is 0.655. The van der Waals surface area contributed by atoms with E-state index in [1.54, 1.807) is 25.8 Å². The number of aromatic nitrogens is 3. The zero-order valence-electron chi connectivity index (χ0n) is 9.63. The standard InChI is InChI=1S/C12H14N4O/c1-17-12-10(3-2-5-15-12)7-14-8-11-4-6-13-9-16-11/h2-6,9,14H,7-8H2,1H3. The molecule has 0 aliphatic heterocycles. The molecule has 0 aliphatic rings. The third-order valence-electron chi connectivity index (χ3n) is 2.31. The number of ether oxygens (including phenoxy) is 1. The van der Waals surface area contributed by atoms with Crippen LogP contribution in [-0.4, -0.2) is 22.1 Å². The topological polar surface area (TPSA) is 59.9 Å². The normalized spacial score (nSPS) is 10.2. The van der Waals surface area contributed by atoms with E-state index in [9.17, 15) is 0 Å². The number of pyridine rings is 1. The smallest absolute Gasteiger partial charge is 0.217 e. The van der Waals surface area contributed by atoms with Gasteiger partial charge in [0.15, 0.2) is 0 Å². The molecule has 0 radical (unpaired) electrons. The molecule has 0 unspecified atom stereocenters. The van der Waals surface area contributed by atoms with Crippen LogP contribution in [0, 0.1) is 0 Å². The summed E-state index contributed by atoms with van der Waals surface area (Å²) >= 11 is 0. The number of hydrogen-bond donors (Lipinski definition) is 1. The van der Waals surface area contributed by atoms with Gasteiger partial charge < -0.3 is 10.1 Å². The molecule has 1 N–H and O–H groups in total. The third kappa shape index (κ3) is 3.22. The van der Waals surface area contributed by atoms with E-state index >= 15 is 0 Å². The van der Waals surface area contributed by atoms with Crippen LogP contribution in [0.25, 0.3) is 0 Å². The van der Waals surface area contributed by atoms with Crippen LogP contribution in [0.15, 0.2) is 36.9 Å². The molecule has 0 spiro atoms. The van der Waals surface area contributed by atoms with E-state index < -0.39 is 0 Å². The highest BCUT2D eigenvalue weighted by atomic mass is 16.5. The molecule has 0 fully saturated rings. The van der Waals surface area contributed by atoms with Gasteiger partial charge in [0.1, 0.15) is 6.33 Å². The summed E-state index contributed by atoms with van der Waals surface area (Å²) in [5.41, 5.74) is 1.99. The van der Waals surface area contributed by atoms with E-state index in [-0.39, 0.29) is 0 Å². The predicted octanol–water partition coefficient (Wildman–Crippen LogP) is 1.17. The summed E-state index contributed by atoms with van der Waals surface area (Å²) in [6.45, 7) is 1.39. The highest BCUT2D eigenvalue weighted by Crippen LogP contribution is 2.12. The number of nitrogens with one attached hydrogen (secondary N) is 1. The Balaban J connectivity index is 1.90. The molecule has 17 heavy (non-hydrogen) atoms. The van der Waals surface area contributed by atoms with Crippen molar-refractivity contribution in [2.24, 2.45) is 0 Å². The van der Waals surface area contributed by atoms with Crippen LogP contribution in [0.3, 0.4) is 0 Å². The summed E-state index contributed by atoms with van der Waals surface area (Å²) < 4.78 is 5.17.